The molecule has 3 aromatic carbocycles. The molecular formula is C27H27N5O6. The molecule has 1 aromatic heterocycles. The van der Waals surface area contributed by atoms with Crippen molar-refractivity contribution in [3.8, 4) is 28.8 Å². The van der Waals surface area contributed by atoms with Crippen molar-refractivity contribution in [2.24, 2.45) is 0 Å². The lowest BCUT2D eigenvalue weighted by Gasteiger charge is -2.10. The van der Waals surface area contributed by atoms with Gasteiger partial charge in [0.25, 0.3) is 5.91 Å². The van der Waals surface area contributed by atoms with Crippen molar-refractivity contribution in [1.82, 2.24) is 14.8 Å². The molecule has 0 aliphatic rings. The van der Waals surface area contributed by atoms with Crippen LogP contribution in [0.3, 0.4) is 0 Å². The summed E-state index contributed by atoms with van der Waals surface area (Å²) in [5.74, 6) is 0.112. The average molecular weight is 518 g/mol. The highest BCUT2D eigenvalue weighted by Gasteiger charge is 2.17. The first-order chi connectivity index (χ1) is 18.4. The van der Waals surface area contributed by atoms with E-state index in [2.05, 4.69) is 15.4 Å². The smallest absolute Gasteiger partial charge is 0.336 e. The quantitative estimate of drug-likeness (QED) is 0.164. The molecule has 4 aromatic rings. The molecule has 0 fully saturated rings. The third kappa shape index (κ3) is 6.71. The topological polar surface area (TPSA) is 131 Å². The maximum atomic E-state index is 12.5. The van der Waals surface area contributed by atoms with Gasteiger partial charge in [0.2, 0.25) is 0 Å². The summed E-state index contributed by atoms with van der Waals surface area (Å²) in [6.07, 6.45) is 0. The van der Waals surface area contributed by atoms with Crippen molar-refractivity contribution >= 4 is 17.3 Å². The zero-order valence-electron chi connectivity index (χ0n) is 21.0. The Bertz CT molecular complexity index is 1400. The van der Waals surface area contributed by atoms with Crippen LogP contribution in [0.1, 0.15) is 12.5 Å². The number of ether oxygens (including phenoxy) is 3. The van der Waals surface area contributed by atoms with Crippen LogP contribution in [0.2, 0.25) is 0 Å². The molecule has 4 rings (SSSR count). The Morgan fingerprint density at radius 2 is 1.82 bits per heavy atom. The molecule has 11 nitrogen and oxygen atoms in total. The molecule has 0 aliphatic carbocycles. The van der Waals surface area contributed by atoms with Crippen LogP contribution < -0.4 is 14.8 Å². The fourth-order valence-corrected chi connectivity index (χ4v) is 3.55. The molecule has 0 aliphatic heterocycles. The van der Waals surface area contributed by atoms with E-state index in [1.807, 2.05) is 44.2 Å². The number of carbonyl (C=O) groups is 1. The van der Waals surface area contributed by atoms with Crippen molar-refractivity contribution in [2.45, 2.75) is 13.8 Å². The predicted octanol–water partition coefficient (Wildman–Crippen LogP) is 4.58. The summed E-state index contributed by atoms with van der Waals surface area (Å²) in [5, 5.41) is 18.4. The number of para-hydroxylation sites is 2. The number of nitro groups is 1. The van der Waals surface area contributed by atoms with Crippen molar-refractivity contribution in [2.75, 3.05) is 31.7 Å². The number of hydrogen-bond acceptors (Lipinski definition) is 8. The van der Waals surface area contributed by atoms with Crippen molar-refractivity contribution < 1.29 is 23.9 Å². The highest BCUT2D eigenvalue weighted by atomic mass is 16.6. The van der Waals surface area contributed by atoms with Crippen molar-refractivity contribution in [1.29, 1.82) is 0 Å². The van der Waals surface area contributed by atoms with Crippen LogP contribution in [0.4, 0.5) is 11.4 Å². The lowest BCUT2D eigenvalue weighted by Crippen LogP contribution is -2.20. The van der Waals surface area contributed by atoms with Crippen molar-refractivity contribution in [3.05, 3.63) is 88.5 Å². The molecule has 0 saturated heterocycles. The van der Waals surface area contributed by atoms with Gasteiger partial charge in [0.05, 0.1) is 17.2 Å². The SMILES string of the molecule is CCOCCOc1nc(-c2ccc(C)cc2)n(-c2cccc(NC(=O)COc3ccccc3[N+](=O)[O-])c2)n1. The molecule has 196 valence electrons. The number of aromatic nitrogens is 3. The number of nitro benzene ring substituents is 1. The van der Waals surface area contributed by atoms with E-state index in [1.54, 1.807) is 28.9 Å². The minimum Gasteiger partial charge on any atom is -0.477 e. The second kappa shape index (κ2) is 12.5. The fraction of sp³-hybridized carbons (Fsp3) is 0.222. The van der Waals surface area contributed by atoms with Gasteiger partial charge in [-0.3, -0.25) is 14.9 Å². The molecule has 0 radical (unpaired) electrons. The van der Waals surface area contributed by atoms with Gasteiger partial charge in [-0.2, -0.15) is 4.98 Å². The van der Waals surface area contributed by atoms with Crippen LogP contribution in [0.25, 0.3) is 17.1 Å². The molecule has 1 amide bonds. The Morgan fingerprint density at radius 1 is 1.03 bits per heavy atom. The van der Waals surface area contributed by atoms with E-state index in [0.717, 1.165) is 11.1 Å². The minimum absolute atomic E-state index is 0.0172. The molecule has 11 heteroatoms. The zero-order valence-corrected chi connectivity index (χ0v) is 21.0. The molecular weight excluding hydrogens is 490 g/mol. The van der Waals surface area contributed by atoms with Gasteiger partial charge in [0.1, 0.15) is 6.61 Å². The third-order valence-corrected chi connectivity index (χ3v) is 5.36. The first kappa shape index (κ1) is 26.3. The number of nitrogens with one attached hydrogen (secondary N) is 1. The molecule has 38 heavy (non-hydrogen) atoms. The number of benzene rings is 3. The molecule has 1 heterocycles. The van der Waals surface area contributed by atoms with E-state index in [-0.39, 0.29) is 17.4 Å². The molecule has 0 saturated carbocycles. The Balaban J connectivity index is 1.52. The van der Waals surface area contributed by atoms with Gasteiger partial charge in [-0.1, -0.05) is 48.0 Å². The van der Waals surface area contributed by atoms with E-state index >= 15 is 0 Å². The second-order valence-corrected chi connectivity index (χ2v) is 8.15. The number of anilines is 1. The highest BCUT2D eigenvalue weighted by Crippen LogP contribution is 2.27. The number of carbonyl (C=O) groups excluding carboxylic acids is 1. The van der Waals surface area contributed by atoms with Gasteiger partial charge < -0.3 is 19.5 Å². The summed E-state index contributed by atoms with van der Waals surface area (Å²) in [6.45, 7) is 4.83. The van der Waals surface area contributed by atoms with Gasteiger partial charge in [-0.15, -0.1) is 5.10 Å². The zero-order chi connectivity index (χ0) is 26.9. The Labute approximate surface area is 219 Å². The largest absolute Gasteiger partial charge is 0.477 e. The van der Waals surface area contributed by atoms with Gasteiger partial charge in [0.15, 0.2) is 18.2 Å². The first-order valence-electron chi connectivity index (χ1n) is 12.0. The lowest BCUT2D eigenvalue weighted by molar-refractivity contribution is -0.385. The molecule has 1 N–H and O–H groups in total. The molecule has 0 unspecified atom stereocenters. The normalized spacial score (nSPS) is 10.7. The summed E-state index contributed by atoms with van der Waals surface area (Å²) in [5.41, 5.74) is 2.88. The average Bonchev–Trinajstić information content (AvgIpc) is 3.35. The number of nitrogens with zero attached hydrogens (tertiary/aromatic N) is 4. The van der Waals surface area contributed by atoms with Gasteiger partial charge in [0, 0.05) is 23.9 Å². The van der Waals surface area contributed by atoms with E-state index in [9.17, 15) is 14.9 Å². The molecule has 0 spiro atoms. The van der Waals surface area contributed by atoms with Crippen LogP contribution in [-0.4, -0.2) is 52.0 Å². The standard InChI is InChI=1S/C27H27N5O6/c1-3-36-15-16-37-27-29-26(20-13-11-19(2)12-14-20)31(30-27)22-8-6-7-21(17-22)28-25(33)18-38-24-10-5-4-9-23(24)32(34)35/h4-14,17H,3,15-16,18H2,1-2H3,(H,28,33). The monoisotopic (exact) mass is 517 g/mol. The summed E-state index contributed by atoms with van der Waals surface area (Å²) in [6, 6.07) is 21.0. The summed E-state index contributed by atoms with van der Waals surface area (Å²) in [7, 11) is 0. The van der Waals surface area contributed by atoms with Crippen LogP contribution in [0, 0.1) is 17.0 Å². The first-order valence-corrected chi connectivity index (χ1v) is 12.0. The summed E-state index contributed by atoms with van der Waals surface area (Å²) < 4.78 is 18.0. The van der Waals surface area contributed by atoms with Gasteiger partial charge in [-0.05, 0) is 38.1 Å². The summed E-state index contributed by atoms with van der Waals surface area (Å²) >= 11 is 0. The van der Waals surface area contributed by atoms with Crippen LogP contribution in [-0.2, 0) is 9.53 Å². The number of hydrogen-bond donors (Lipinski definition) is 1. The third-order valence-electron chi connectivity index (χ3n) is 5.36. The van der Waals surface area contributed by atoms with Gasteiger partial charge >= 0.3 is 11.7 Å². The Kier molecular flexibility index (Phi) is 8.62. The van der Waals surface area contributed by atoms with Crippen LogP contribution in [0.5, 0.6) is 11.8 Å². The Hall–Kier alpha value is -4.77. The van der Waals surface area contributed by atoms with E-state index in [1.165, 1.54) is 18.2 Å². The highest BCUT2D eigenvalue weighted by molar-refractivity contribution is 5.92. The molecule has 0 atom stereocenters. The number of aryl methyl sites for hydroxylation is 1. The van der Waals surface area contributed by atoms with Crippen LogP contribution >= 0.6 is 0 Å². The minimum atomic E-state index is -0.560. The van der Waals surface area contributed by atoms with Gasteiger partial charge in [-0.25, -0.2) is 4.68 Å². The van der Waals surface area contributed by atoms with E-state index < -0.39 is 17.4 Å². The maximum absolute atomic E-state index is 12.5. The maximum Gasteiger partial charge on any atom is 0.336 e. The Morgan fingerprint density at radius 3 is 2.58 bits per heavy atom. The fourth-order valence-electron chi connectivity index (χ4n) is 3.55. The number of amides is 1. The van der Waals surface area contributed by atoms with Crippen molar-refractivity contribution in [3.63, 3.8) is 0 Å². The predicted molar refractivity (Wildman–Crippen MR) is 141 cm³/mol. The summed E-state index contributed by atoms with van der Waals surface area (Å²) in [4.78, 5) is 27.7. The molecule has 0 bridgehead atoms. The second-order valence-electron chi connectivity index (χ2n) is 8.15. The lowest BCUT2D eigenvalue weighted by atomic mass is 10.1. The van der Waals surface area contributed by atoms with E-state index in [4.69, 9.17) is 14.2 Å². The number of rotatable bonds is 12. The van der Waals surface area contributed by atoms with E-state index in [0.29, 0.717) is 37.0 Å². The van der Waals surface area contributed by atoms with Crippen LogP contribution in [0.15, 0.2) is 72.8 Å².